The van der Waals surface area contributed by atoms with Gasteiger partial charge in [-0.15, -0.1) is 11.3 Å². The van der Waals surface area contributed by atoms with E-state index in [2.05, 4.69) is 31.1 Å². The second kappa shape index (κ2) is 8.45. The Kier molecular flexibility index (Phi) is 6.57. The van der Waals surface area contributed by atoms with E-state index in [-0.39, 0.29) is 11.3 Å². The van der Waals surface area contributed by atoms with Gasteiger partial charge < -0.3 is 0 Å². The minimum Gasteiger partial charge on any atom is -0.298 e. The molecule has 0 radical (unpaired) electrons. The smallest absolute Gasteiger partial charge is 0.250 e. The highest BCUT2D eigenvalue weighted by atomic mass is 35.5. The maximum atomic E-state index is 12.0. The van der Waals surface area contributed by atoms with Crippen LogP contribution < -0.4 is 5.32 Å². The van der Waals surface area contributed by atoms with E-state index in [1.807, 2.05) is 43.3 Å². The highest BCUT2D eigenvalue weighted by Gasteiger charge is 2.23. The van der Waals surface area contributed by atoms with E-state index in [1.165, 1.54) is 23.0 Å². The standard InChI is InChI=1S/C20H23ClN2OS/c1-5-6-7-8-17(24)22-19-23-18(20(2,3)4)16(25-19)13-14-9-11-15(21)12-10-14/h5-12H,13H2,1-4H3,(H,22,23,24)/b6-5+,8-7+. The molecule has 0 atom stereocenters. The Balaban J connectivity index is 2.24. The van der Waals surface area contributed by atoms with E-state index in [0.717, 1.165) is 22.0 Å². The second-order valence-corrected chi connectivity index (χ2v) is 8.24. The van der Waals surface area contributed by atoms with E-state index >= 15 is 0 Å². The molecule has 0 aliphatic carbocycles. The SMILES string of the molecule is C/C=C/C=C/C(=O)Nc1nc(C(C)(C)C)c(Cc2ccc(Cl)cc2)s1. The number of carbonyl (C=O) groups is 1. The predicted octanol–water partition coefficient (Wildman–Crippen LogP) is 5.76. The van der Waals surface area contributed by atoms with Crippen molar-refractivity contribution in [3.05, 3.63) is 69.7 Å². The molecule has 1 N–H and O–H groups in total. The molecule has 0 unspecified atom stereocenters. The normalized spacial score (nSPS) is 12.2. The Morgan fingerprint density at radius 2 is 1.92 bits per heavy atom. The van der Waals surface area contributed by atoms with E-state index < -0.39 is 0 Å². The third-order valence-electron chi connectivity index (χ3n) is 3.47. The van der Waals surface area contributed by atoms with Crippen molar-refractivity contribution in [2.24, 2.45) is 0 Å². The van der Waals surface area contributed by atoms with Crippen molar-refractivity contribution in [1.82, 2.24) is 4.98 Å². The fourth-order valence-electron chi connectivity index (χ4n) is 2.30. The van der Waals surface area contributed by atoms with Crippen molar-refractivity contribution in [1.29, 1.82) is 0 Å². The summed E-state index contributed by atoms with van der Waals surface area (Å²) in [5, 5.41) is 4.21. The molecule has 1 aromatic heterocycles. The fraction of sp³-hybridized carbons (Fsp3) is 0.300. The van der Waals surface area contributed by atoms with E-state index in [1.54, 1.807) is 6.08 Å². The molecule has 0 aliphatic heterocycles. The Morgan fingerprint density at radius 3 is 2.52 bits per heavy atom. The van der Waals surface area contributed by atoms with Crippen molar-refractivity contribution in [2.75, 3.05) is 5.32 Å². The number of benzene rings is 1. The van der Waals surface area contributed by atoms with Crippen molar-refractivity contribution in [3.8, 4) is 0 Å². The van der Waals surface area contributed by atoms with Gasteiger partial charge in [0.2, 0.25) is 5.91 Å². The number of thiazole rings is 1. The monoisotopic (exact) mass is 374 g/mol. The quantitative estimate of drug-likeness (QED) is 0.534. The lowest BCUT2D eigenvalue weighted by molar-refractivity contribution is -0.111. The zero-order chi connectivity index (χ0) is 18.4. The highest BCUT2D eigenvalue weighted by Crippen LogP contribution is 2.33. The van der Waals surface area contributed by atoms with E-state index in [4.69, 9.17) is 11.6 Å². The van der Waals surface area contributed by atoms with Crippen LogP contribution in [0.25, 0.3) is 0 Å². The third-order valence-corrected chi connectivity index (χ3v) is 4.69. The molecule has 0 fully saturated rings. The number of aromatic nitrogens is 1. The lowest BCUT2D eigenvalue weighted by atomic mass is 9.90. The van der Waals surface area contributed by atoms with Gasteiger partial charge in [-0.05, 0) is 24.6 Å². The molecule has 0 spiro atoms. The third kappa shape index (κ3) is 5.83. The van der Waals surface area contributed by atoms with Crippen molar-refractivity contribution >= 4 is 34.0 Å². The maximum Gasteiger partial charge on any atom is 0.250 e. The number of carbonyl (C=O) groups excluding carboxylic acids is 1. The van der Waals surface area contributed by atoms with Gasteiger partial charge in [-0.25, -0.2) is 4.98 Å². The molecular formula is C20H23ClN2OS. The first-order valence-corrected chi connectivity index (χ1v) is 9.34. The fourth-order valence-corrected chi connectivity index (χ4v) is 3.64. The molecule has 25 heavy (non-hydrogen) atoms. The van der Waals surface area contributed by atoms with Crippen LogP contribution >= 0.6 is 22.9 Å². The topological polar surface area (TPSA) is 42.0 Å². The van der Waals surface area contributed by atoms with Crippen LogP contribution in [0.5, 0.6) is 0 Å². The zero-order valence-corrected chi connectivity index (χ0v) is 16.5. The number of halogens is 1. The first kappa shape index (κ1) is 19.4. The molecule has 0 saturated carbocycles. The molecule has 1 amide bonds. The van der Waals surface area contributed by atoms with Gasteiger partial charge in [-0.2, -0.15) is 0 Å². The van der Waals surface area contributed by atoms with Crippen LogP contribution in [-0.4, -0.2) is 10.9 Å². The Hall–Kier alpha value is -1.91. The minimum absolute atomic E-state index is 0.0952. The summed E-state index contributed by atoms with van der Waals surface area (Å²) in [5.41, 5.74) is 2.09. The van der Waals surface area contributed by atoms with Crippen molar-refractivity contribution in [3.63, 3.8) is 0 Å². The molecular weight excluding hydrogens is 352 g/mol. The number of anilines is 1. The lowest BCUT2D eigenvalue weighted by Crippen LogP contribution is -2.15. The van der Waals surface area contributed by atoms with Gasteiger partial charge in [0.1, 0.15) is 0 Å². The average Bonchev–Trinajstić information content (AvgIpc) is 2.92. The number of hydrogen-bond donors (Lipinski definition) is 1. The number of amides is 1. The van der Waals surface area contributed by atoms with Crippen molar-refractivity contribution < 1.29 is 4.79 Å². The summed E-state index contributed by atoms with van der Waals surface area (Å²) in [6.07, 6.45) is 7.66. The second-order valence-electron chi connectivity index (χ2n) is 6.72. The molecule has 5 heteroatoms. The molecule has 0 saturated heterocycles. The highest BCUT2D eigenvalue weighted by molar-refractivity contribution is 7.16. The van der Waals surface area contributed by atoms with Crippen LogP contribution in [0, 0.1) is 0 Å². The molecule has 1 heterocycles. The van der Waals surface area contributed by atoms with Crippen LogP contribution in [0.15, 0.2) is 48.6 Å². The van der Waals surface area contributed by atoms with Crippen LogP contribution in [0.2, 0.25) is 5.02 Å². The van der Waals surface area contributed by atoms with Gasteiger partial charge in [0.05, 0.1) is 5.69 Å². The molecule has 132 valence electrons. The molecule has 0 bridgehead atoms. The summed E-state index contributed by atoms with van der Waals surface area (Å²) in [6, 6.07) is 7.83. The molecule has 2 aromatic rings. The maximum absolute atomic E-state index is 12.0. The number of allylic oxidation sites excluding steroid dienone is 3. The van der Waals surface area contributed by atoms with Gasteiger partial charge in [0.15, 0.2) is 5.13 Å². The number of nitrogens with one attached hydrogen (secondary N) is 1. The first-order chi connectivity index (χ1) is 11.8. The molecule has 3 nitrogen and oxygen atoms in total. The number of hydrogen-bond acceptors (Lipinski definition) is 3. The lowest BCUT2D eigenvalue weighted by Gasteiger charge is -2.17. The summed E-state index contributed by atoms with van der Waals surface area (Å²) in [7, 11) is 0. The van der Waals surface area contributed by atoms with E-state index in [0.29, 0.717) is 5.13 Å². The molecule has 0 aliphatic rings. The summed E-state index contributed by atoms with van der Waals surface area (Å²) < 4.78 is 0. The first-order valence-electron chi connectivity index (χ1n) is 8.14. The summed E-state index contributed by atoms with van der Waals surface area (Å²) in [6.45, 7) is 8.29. The van der Waals surface area contributed by atoms with Gasteiger partial charge in [0, 0.05) is 27.8 Å². The van der Waals surface area contributed by atoms with Crippen LogP contribution in [0.1, 0.15) is 43.8 Å². The van der Waals surface area contributed by atoms with Crippen LogP contribution in [-0.2, 0) is 16.6 Å². The van der Waals surface area contributed by atoms with E-state index in [9.17, 15) is 4.79 Å². The van der Waals surface area contributed by atoms with Gasteiger partial charge >= 0.3 is 0 Å². The number of nitrogens with zero attached hydrogens (tertiary/aromatic N) is 1. The predicted molar refractivity (Wildman–Crippen MR) is 108 cm³/mol. The van der Waals surface area contributed by atoms with Gasteiger partial charge in [-0.3, -0.25) is 10.1 Å². The Labute approximate surface area is 158 Å². The summed E-state index contributed by atoms with van der Waals surface area (Å²) >= 11 is 7.49. The zero-order valence-electron chi connectivity index (χ0n) is 15.0. The Bertz CT molecular complexity index is 783. The molecule has 2 rings (SSSR count). The van der Waals surface area contributed by atoms with Crippen LogP contribution in [0.4, 0.5) is 5.13 Å². The van der Waals surface area contributed by atoms with Crippen molar-refractivity contribution in [2.45, 2.75) is 39.5 Å². The summed E-state index contributed by atoms with van der Waals surface area (Å²) in [5.74, 6) is -0.176. The molecule has 1 aromatic carbocycles. The van der Waals surface area contributed by atoms with Gasteiger partial charge in [0.25, 0.3) is 0 Å². The van der Waals surface area contributed by atoms with Gasteiger partial charge in [-0.1, -0.05) is 62.7 Å². The van der Waals surface area contributed by atoms with Crippen LogP contribution in [0.3, 0.4) is 0 Å². The minimum atomic E-state index is -0.176. The Morgan fingerprint density at radius 1 is 1.24 bits per heavy atom. The largest absolute Gasteiger partial charge is 0.298 e. The number of rotatable bonds is 5. The average molecular weight is 375 g/mol. The summed E-state index contributed by atoms with van der Waals surface area (Å²) in [4.78, 5) is 17.8.